The topological polar surface area (TPSA) is 80.5 Å². The zero-order valence-corrected chi connectivity index (χ0v) is 15.9. The molecule has 0 spiro atoms. The van der Waals surface area contributed by atoms with E-state index in [1.54, 1.807) is 0 Å². The number of pyridine rings is 1. The van der Waals surface area contributed by atoms with Crippen LogP contribution in [0.3, 0.4) is 0 Å². The molecule has 1 fully saturated rings. The van der Waals surface area contributed by atoms with Crippen molar-refractivity contribution in [3.63, 3.8) is 0 Å². The Balaban J connectivity index is 1.39. The molecule has 0 amide bonds. The van der Waals surface area contributed by atoms with Crippen LogP contribution in [0, 0.1) is 0 Å². The second-order valence-corrected chi connectivity index (χ2v) is 7.48. The predicted octanol–water partition coefficient (Wildman–Crippen LogP) is 2.12. The molecular formula is C20H32N4O2. The number of carbonyl (C=O) groups excluding carboxylic acids is 1. The van der Waals surface area contributed by atoms with Crippen molar-refractivity contribution in [2.45, 2.75) is 63.5 Å². The van der Waals surface area contributed by atoms with E-state index in [1.807, 2.05) is 0 Å². The second kappa shape index (κ2) is 9.33. The lowest BCUT2D eigenvalue weighted by atomic mass is 10.1. The summed E-state index contributed by atoms with van der Waals surface area (Å²) in [6.45, 7) is 2.98. The van der Waals surface area contributed by atoms with Gasteiger partial charge in [0.2, 0.25) is 0 Å². The molecule has 1 aromatic heterocycles. The van der Waals surface area contributed by atoms with Gasteiger partial charge < -0.3 is 20.7 Å². The van der Waals surface area contributed by atoms with Crippen molar-refractivity contribution in [3.05, 3.63) is 23.4 Å². The molecule has 1 aromatic rings. The quantitative estimate of drug-likeness (QED) is 0.491. The first-order valence-corrected chi connectivity index (χ1v) is 9.97. The van der Waals surface area contributed by atoms with E-state index >= 15 is 0 Å². The average molecular weight is 361 g/mol. The number of hydrogen-bond acceptors (Lipinski definition) is 6. The number of ether oxygens (including phenoxy) is 1. The van der Waals surface area contributed by atoms with Crippen LogP contribution in [0.5, 0.6) is 0 Å². The summed E-state index contributed by atoms with van der Waals surface area (Å²) >= 11 is 0. The van der Waals surface area contributed by atoms with Crippen molar-refractivity contribution < 1.29 is 9.53 Å². The Kier molecular flexibility index (Phi) is 6.86. The Bertz CT molecular complexity index is 603. The normalized spacial score (nSPS) is 17.5. The van der Waals surface area contributed by atoms with Crippen molar-refractivity contribution in [3.8, 4) is 0 Å². The van der Waals surface area contributed by atoms with Crippen molar-refractivity contribution >= 4 is 11.8 Å². The Morgan fingerprint density at radius 3 is 3.00 bits per heavy atom. The molecule has 0 bridgehead atoms. The molecule has 3 rings (SSSR count). The number of anilines is 1. The van der Waals surface area contributed by atoms with Gasteiger partial charge in [0.25, 0.3) is 0 Å². The van der Waals surface area contributed by atoms with Gasteiger partial charge >= 0.3 is 5.97 Å². The number of carbonyl (C=O) groups is 1. The number of methoxy groups -OCH3 is 1. The average Bonchev–Trinajstić information content (AvgIpc) is 3.51. The first-order valence-electron chi connectivity index (χ1n) is 9.97. The minimum atomic E-state index is -0.506. The minimum Gasteiger partial charge on any atom is -0.468 e. The van der Waals surface area contributed by atoms with Crippen LogP contribution in [0.4, 0.5) is 5.82 Å². The number of aromatic nitrogens is 1. The minimum absolute atomic E-state index is 0.312. The van der Waals surface area contributed by atoms with Gasteiger partial charge in [-0.25, -0.2) is 4.98 Å². The van der Waals surface area contributed by atoms with Crippen molar-refractivity contribution in [1.29, 1.82) is 0 Å². The van der Waals surface area contributed by atoms with Gasteiger partial charge in [0, 0.05) is 24.8 Å². The Hall–Kier alpha value is -1.66. The third kappa shape index (κ3) is 5.42. The fourth-order valence-corrected chi connectivity index (χ4v) is 3.62. The van der Waals surface area contributed by atoms with Gasteiger partial charge in [-0.15, -0.1) is 0 Å². The van der Waals surface area contributed by atoms with Crippen molar-refractivity contribution in [2.75, 3.05) is 32.1 Å². The molecule has 0 radical (unpaired) electrons. The summed E-state index contributed by atoms with van der Waals surface area (Å²) in [4.78, 5) is 18.7. The van der Waals surface area contributed by atoms with Gasteiger partial charge in [0.05, 0.1) is 7.11 Å². The Morgan fingerprint density at radius 2 is 2.23 bits per heavy atom. The smallest absolute Gasteiger partial charge is 0.322 e. The second-order valence-electron chi connectivity index (χ2n) is 7.48. The summed E-state index contributed by atoms with van der Waals surface area (Å²) in [6.07, 6.45) is 8.85. The molecule has 1 atom stereocenters. The zero-order chi connectivity index (χ0) is 18.4. The standard InChI is InChI=1S/C20H32N4O2/c1-26-20(25)18(21)11-14-24(17-9-10-17)13-3-2-6-16-8-7-15-5-4-12-22-19(15)23-16/h7-8,17-18H,2-6,9-14,21H2,1H3,(H,22,23)/t18-/m0/s1. The van der Waals surface area contributed by atoms with Crippen molar-refractivity contribution in [1.82, 2.24) is 9.88 Å². The zero-order valence-electron chi connectivity index (χ0n) is 15.9. The van der Waals surface area contributed by atoms with E-state index in [-0.39, 0.29) is 5.97 Å². The SMILES string of the molecule is COC(=O)[C@@H](N)CCN(CCCCc1ccc2c(n1)NCCC2)C1CC1. The number of hydrogen-bond donors (Lipinski definition) is 2. The van der Waals surface area contributed by atoms with Crippen LogP contribution in [0.25, 0.3) is 0 Å². The Morgan fingerprint density at radius 1 is 1.38 bits per heavy atom. The molecule has 26 heavy (non-hydrogen) atoms. The van der Waals surface area contributed by atoms with Crippen LogP contribution in [0.15, 0.2) is 12.1 Å². The summed E-state index contributed by atoms with van der Waals surface area (Å²) in [5, 5.41) is 3.41. The van der Waals surface area contributed by atoms with Crippen LogP contribution < -0.4 is 11.1 Å². The van der Waals surface area contributed by atoms with Crippen LogP contribution in [-0.4, -0.2) is 54.7 Å². The molecule has 2 aliphatic rings. The van der Waals surface area contributed by atoms with Gasteiger partial charge in [0.1, 0.15) is 11.9 Å². The molecular weight excluding hydrogens is 328 g/mol. The third-order valence-electron chi connectivity index (χ3n) is 5.37. The highest BCUT2D eigenvalue weighted by molar-refractivity contribution is 5.75. The molecule has 144 valence electrons. The lowest BCUT2D eigenvalue weighted by molar-refractivity contribution is -0.142. The number of aryl methyl sites for hydroxylation is 2. The molecule has 2 heterocycles. The first kappa shape index (κ1) is 19.1. The largest absolute Gasteiger partial charge is 0.468 e. The van der Waals surface area contributed by atoms with Crippen LogP contribution in [0.1, 0.15) is 49.8 Å². The molecule has 6 heteroatoms. The van der Waals surface area contributed by atoms with Crippen LogP contribution in [-0.2, 0) is 22.4 Å². The van der Waals surface area contributed by atoms with Gasteiger partial charge in [-0.1, -0.05) is 6.07 Å². The number of nitrogens with one attached hydrogen (secondary N) is 1. The molecule has 0 aromatic carbocycles. The Labute approximate surface area is 156 Å². The number of nitrogens with two attached hydrogens (primary N) is 1. The van der Waals surface area contributed by atoms with E-state index in [0.717, 1.165) is 51.1 Å². The molecule has 1 aliphatic heterocycles. The van der Waals surface area contributed by atoms with Gasteiger partial charge in [-0.05, 0) is 69.5 Å². The lowest BCUT2D eigenvalue weighted by Crippen LogP contribution is -2.37. The third-order valence-corrected chi connectivity index (χ3v) is 5.37. The first-order chi connectivity index (χ1) is 12.7. The van der Waals surface area contributed by atoms with E-state index in [9.17, 15) is 4.79 Å². The van der Waals surface area contributed by atoms with Crippen LogP contribution in [0.2, 0.25) is 0 Å². The number of unbranched alkanes of at least 4 members (excludes halogenated alkanes) is 1. The predicted molar refractivity (Wildman–Crippen MR) is 103 cm³/mol. The maximum Gasteiger partial charge on any atom is 0.322 e. The number of fused-ring (bicyclic) bond motifs is 1. The molecule has 0 unspecified atom stereocenters. The molecule has 6 nitrogen and oxygen atoms in total. The molecule has 3 N–H and O–H groups in total. The molecule has 0 saturated heterocycles. The van der Waals surface area contributed by atoms with Gasteiger partial charge in [-0.2, -0.15) is 0 Å². The highest BCUT2D eigenvalue weighted by Gasteiger charge is 2.29. The highest BCUT2D eigenvalue weighted by Crippen LogP contribution is 2.27. The van der Waals surface area contributed by atoms with Crippen molar-refractivity contribution in [2.24, 2.45) is 5.73 Å². The summed E-state index contributed by atoms with van der Waals surface area (Å²) < 4.78 is 4.71. The number of esters is 1. The monoisotopic (exact) mass is 360 g/mol. The van der Waals surface area contributed by atoms with E-state index in [0.29, 0.717) is 12.5 Å². The summed E-state index contributed by atoms with van der Waals surface area (Å²) in [5.41, 5.74) is 8.40. The molecule has 1 saturated carbocycles. The van der Waals surface area contributed by atoms with Gasteiger partial charge in [-0.3, -0.25) is 4.79 Å². The summed E-state index contributed by atoms with van der Waals surface area (Å²) in [7, 11) is 1.39. The molecule has 1 aliphatic carbocycles. The van der Waals surface area contributed by atoms with E-state index < -0.39 is 6.04 Å². The summed E-state index contributed by atoms with van der Waals surface area (Å²) in [5.74, 6) is 0.776. The van der Waals surface area contributed by atoms with E-state index in [2.05, 4.69) is 22.3 Å². The fraction of sp³-hybridized carbons (Fsp3) is 0.700. The fourth-order valence-electron chi connectivity index (χ4n) is 3.62. The van der Waals surface area contributed by atoms with E-state index in [1.165, 1.54) is 37.6 Å². The number of nitrogens with zero attached hydrogens (tertiary/aromatic N) is 2. The lowest BCUT2D eigenvalue weighted by Gasteiger charge is -2.23. The number of rotatable bonds is 10. The van der Waals surface area contributed by atoms with Crippen LogP contribution >= 0.6 is 0 Å². The maximum absolute atomic E-state index is 11.5. The summed E-state index contributed by atoms with van der Waals surface area (Å²) in [6, 6.07) is 4.59. The maximum atomic E-state index is 11.5. The highest BCUT2D eigenvalue weighted by atomic mass is 16.5. The van der Waals surface area contributed by atoms with E-state index in [4.69, 9.17) is 15.5 Å². The van der Waals surface area contributed by atoms with Gasteiger partial charge in [0.15, 0.2) is 0 Å².